The molecule has 1 aliphatic rings. The van der Waals surface area contributed by atoms with Gasteiger partial charge in [-0.05, 0) is 22.9 Å². The summed E-state index contributed by atoms with van der Waals surface area (Å²) in [6, 6.07) is 14.6. The van der Waals surface area contributed by atoms with Crippen molar-refractivity contribution in [2.24, 2.45) is 0 Å². The lowest BCUT2D eigenvalue weighted by molar-refractivity contribution is -0.914. The monoisotopic (exact) mass is 335 g/mol. The minimum Gasteiger partial charge on any atom is -0.496 e. The minimum atomic E-state index is 0.837. The minimum absolute atomic E-state index is 0.837. The Balaban J connectivity index is 1.51. The fourth-order valence-corrected chi connectivity index (χ4v) is 3.59. The van der Waals surface area contributed by atoms with Gasteiger partial charge in [0.25, 0.3) is 0 Å². The molecule has 1 aromatic heterocycles. The Bertz CT molecular complexity index is 845. The number of rotatable bonds is 4. The Morgan fingerprint density at radius 2 is 1.76 bits per heavy atom. The Morgan fingerprint density at radius 3 is 2.52 bits per heavy atom. The predicted octanol–water partition coefficient (Wildman–Crippen LogP) is 1.54. The lowest BCUT2D eigenvalue weighted by atomic mass is 10.0. The van der Waals surface area contributed by atoms with Gasteiger partial charge in [0, 0.05) is 12.4 Å². The number of aromatic nitrogens is 2. The van der Waals surface area contributed by atoms with Gasteiger partial charge in [-0.2, -0.15) is 0 Å². The number of methoxy groups -OCH3 is 1. The van der Waals surface area contributed by atoms with Crippen molar-refractivity contribution >= 4 is 16.7 Å². The maximum Gasteiger partial charge on any atom is 0.225 e. The number of hydrogen-bond acceptors (Lipinski definition) is 4. The van der Waals surface area contributed by atoms with Crippen molar-refractivity contribution in [2.45, 2.75) is 6.54 Å². The molecular weight excluding hydrogens is 312 g/mol. The first kappa shape index (κ1) is 15.8. The zero-order valence-electron chi connectivity index (χ0n) is 14.5. The third kappa shape index (κ3) is 3.28. The van der Waals surface area contributed by atoms with Crippen LogP contribution < -0.4 is 14.5 Å². The first-order valence-corrected chi connectivity index (χ1v) is 8.75. The van der Waals surface area contributed by atoms with Crippen LogP contribution in [-0.2, 0) is 6.54 Å². The summed E-state index contributed by atoms with van der Waals surface area (Å²) in [4.78, 5) is 12.6. The lowest BCUT2D eigenvalue weighted by Gasteiger charge is -2.32. The molecule has 0 saturated carbocycles. The van der Waals surface area contributed by atoms with Crippen LogP contribution in [0.3, 0.4) is 0 Å². The van der Waals surface area contributed by atoms with Gasteiger partial charge in [0.2, 0.25) is 5.95 Å². The van der Waals surface area contributed by atoms with Crippen molar-refractivity contribution < 1.29 is 9.64 Å². The van der Waals surface area contributed by atoms with Crippen LogP contribution in [0.4, 0.5) is 5.95 Å². The lowest BCUT2D eigenvalue weighted by Crippen LogP contribution is -3.13. The van der Waals surface area contributed by atoms with Crippen LogP contribution in [-0.4, -0.2) is 43.3 Å². The SMILES string of the molecule is COc1ccc2ccccc2c1C[NH+]1CCN(c2ncccn2)CC1. The summed E-state index contributed by atoms with van der Waals surface area (Å²) in [6.45, 7) is 5.09. The van der Waals surface area contributed by atoms with Crippen LogP contribution in [0, 0.1) is 0 Å². The van der Waals surface area contributed by atoms with Crippen molar-refractivity contribution in [3.8, 4) is 5.75 Å². The Labute approximate surface area is 147 Å². The number of piperazine rings is 1. The fraction of sp³-hybridized carbons (Fsp3) is 0.300. The highest BCUT2D eigenvalue weighted by molar-refractivity contribution is 5.87. The molecule has 5 nitrogen and oxygen atoms in total. The molecule has 0 amide bonds. The van der Waals surface area contributed by atoms with Gasteiger partial charge in [-0.25, -0.2) is 9.97 Å². The maximum atomic E-state index is 5.64. The molecule has 25 heavy (non-hydrogen) atoms. The van der Waals surface area contributed by atoms with Crippen molar-refractivity contribution in [2.75, 3.05) is 38.2 Å². The highest BCUT2D eigenvalue weighted by Gasteiger charge is 2.23. The first-order chi connectivity index (χ1) is 12.3. The van der Waals surface area contributed by atoms with Crippen LogP contribution in [0.5, 0.6) is 5.75 Å². The molecule has 1 N–H and O–H groups in total. The summed E-state index contributed by atoms with van der Waals surface area (Å²) in [5.41, 5.74) is 1.31. The zero-order valence-corrected chi connectivity index (χ0v) is 14.5. The Hall–Kier alpha value is -2.66. The van der Waals surface area contributed by atoms with Crippen LogP contribution in [0.1, 0.15) is 5.56 Å². The van der Waals surface area contributed by atoms with E-state index in [1.165, 1.54) is 16.3 Å². The van der Waals surface area contributed by atoms with Gasteiger partial charge in [0.15, 0.2) is 0 Å². The highest BCUT2D eigenvalue weighted by atomic mass is 16.5. The van der Waals surface area contributed by atoms with Crippen LogP contribution in [0.15, 0.2) is 54.9 Å². The van der Waals surface area contributed by atoms with Crippen LogP contribution in [0.2, 0.25) is 0 Å². The van der Waals surface area contributed by atoms with Crippen LogP contribution in [0.25, 0.3) is 10.8 Å². The van der Waals surface area contributed by atoms with E-state index in [4.69, 9.17) is 4.74 Å². The second kappa shape index (κ2) is 7.07. The number of fused-ring (bicyclic) bond motifs is 1. The molecule has 1 aliphatic heterocycles. The average molecular weight is 335 g/mol. The molecule has 0 unspecified atom stereocenters. The van der Waals surface area contributed by atoms with Gasteiger partial charge in [-0.15, -0.1) is 0 Å². The molecule has 0 radical (unpaired) electrons. The van der Waals surface area contributed by atoms with Gasteiger partial charge >= 0.3 is 0 Å². The number of nitrogens with one attached hydrogen (secondary N) is 1. The van der Waals surface area contributed by atoms with E-state index in [2.05, 4.69) is 51.3 Å². The fourth-order valence-electron chi connectivity index (χ4n) is 3.59. The van der Waals surface area contributed by atoms with E-state index in [-0.39, 0.29) is 0 Å². The summed E-state index contributed by atoms with van der Waals surface area (Å²) in [6.07, 6.45) is 3.62. The Morgan fingerprint density at radius 1 is 1.00 bits per heavy atom. The quantitative estimate of drug-likeness (QED) is 0.785. The molecule has 3 aromatic rings. The summed E-state index contributed by atoms with van der Waals surface area (Å²) < 4.78 is 5.64. The summed E-state index contributed by atoms with van der Waals surface area (Å²) >= 11 is 0. The second-order valence-electron chi connectivity index (χ2n) is 6.43. The summed E-state index contributed by atoms with van der Waals surface area (Å²) in [5, 5.41) is 2.57. The number of nitrogens with zero attached hydrogens (tertiary/aromatic N) is 3. The molecule has 0 atom stereocenters. The molecule has 5 heteroatoms. The first-order valence-electron chi connectivity index (χ1n) is 8.75. The molecule has 0 aliphatic carbocycles. The van der Waals surface area contributed by atoms with E-state index in [9.17, 15) is 0 Å². The molecule has 2 heterocycles. The molecule has 0 spiro atoms. The van der Waals surface area contributed by atoms with E-state index >= 15 is 0 Å². The van der Waals surface area contributed by atoms with Crippen molar-refractivity contribution in [3.05, 3.63) is 60.4 Å². The third-order valence-electron chi connectivity index (χ3n) is 4.95. The number of anilines is 1. The largest absolute Gasteiger partial charge is 0.496 e. The molecule has 128 valence electrons. The van der Waals surface area contributed by atoms with Crippen molar-refractivity contribution in [3.63, 3.8) is 0 Å². The topological polar surface area (TPSA) is 42.7 Å². The molecular formula is C20H23N4O+. The normalized spacial score (nSPS) is 15.5. The number of ether oxygens (including phenoxy) is 1. The van der Waals surface area contributed by atoms with E-state index in [0.29, 0.717) is 0 Å². The van der Waals surface area contributed by atoms with Crippen molar-refractivity contribution in [1.29, 1.82) is 0 Å². The van der Waals surface area contributed by atoms with Crippen LogP contribution >= 0.6 is 0 Å². The third-order valence-corrected chi connectivity index (χ3v) is 4.95. The smallest absolute Gasteiger partial charge is 0.225 e. The molecule has 0 bridgehead atoms. The molecule has 1 saturated heterocycles. The Kier molecular flexibility index (Phi) is 4.48. The van der Waals surface area contributed by atoms with Gasteiger partial charge in [0.1, 0.15) is 12.3 Å². The maximum absolute atomic E-state index is 5.64. The van der Waals surface area contributed by atoms with Gasteiger partial charge in [0.05, 0.1) is 38.9 Å². The van der Waals surface area contributed by atoms with Gasteiger partial charge in [-0.1, -0.05) is 30.3 Å². The molecule has 2 aromatic carbocycles. The number of quaternary nitrogens is 1. The molecule has 1 fully saturated rings. The van der Waals surface area contributed by atoms with E-state index in [1.807, 2.05) is 18.5 Å². The molecule has 4 rings (SSSR count). The number of benzene rings is 2. The van der Waals surface area contributed by atoms with E-state index in [1.54, 1.807) is 12.0 Å². The zero-order chi connectivity index (χ0) is 17.1. The van der Waals surface area contributed by atoms with Gasteiger partial charge in [-0.3, -0.25) is 0 Å². The average Bonchev–Trinajstić information content (AvgIpc) is 2.69. The summed E-state index contributed by atoms with van der Waals surface area (Å²) in [5.74, 6) is 1.82. The predicted molar refractivity (Wildman–Crippen MR) is 99.1 cm³/mol. The van der Waals surface area contributed by atoms with E-state index < -0.39 is 0 Å². The second-order valence-corrected chi connectivity index (χ2v) is 6.43. The van der Waals surface area contributed by atoms with Gasteiger partial charge < -0.3 is 14.5 Å². The highest BCUT2D eigenvalue weighted by Crippen LogP contribution is 2.27. The summed E-state index contributed by atoms with van der Waals surface area (Å²) in [7, 11) is 1.76. The number of hydrogen-bond donors (Lipinski definition) is 1. The standard InChI is InChI=1S/C20H22N4O/c1-25-19-8-7-16-5-2-3-6-17(16)18(19)15-23-11-13-24(14-12-23)20-21-9-4-10-22-20/h2-10H,11-15H2,1H3/p+1. The van der Waals surface area contributed by atoms with E-state index in [0.717, 1.165) is 44.4 Å². The van der Waals surface area contributed by atoms with Crippen molar-refractivity contribution in [1.82, 2.24) is 9.97 Å².